The Balaban J connectivity index is 1.86. The molecule has 3 rings (SSSR count). The number of carbonyl (C=O) groups excluding carboxylic acids is 1. The molecule has 0 spiro atoms. The van der Waals surface area contributed by atoms with Crippen LogP contribution in [-0.2, 0) is 0 Å². The van der Waals surface area contributed by atoms with Crippen LogP contribution >= 0.6 is 11.6 Å². The van der Waals surface area contributed by atoms with Crippen LogP contribution in [0.3, 0.4) is 0 Å². The van der Waals surface area contributed by atoms with Crippen molar-refractivity contribution in [2.24, 2.45) is 0 Å². The van der Waals surface area contributed by atoms with Gasteiger partial charge in [0.15, 0.2) is 11.6 Å². The molecule has 0 saturated carbocycles. The van der Waals surface area contributed by atoms with Crippen LogP contribution in [0.15, 0.2) is 36.4 Å². The Morgan fingerprint density at radius 2 is 2.14 bits per heavy atom. The highest BCUT2D eigenvalue weighted by Gasteiger charge is 2.29. The van der Waals surface area contributed by atoms with Crippen LogP contribution in [0, 0.1) is 5.82 Å². The summed E-state index contributed by atoms with van der Waals surface area (Å²) >= 11 is 5.82. The van der Waals surface area contributed by atoms with Gasteiger partial charge in [0, 0.05) is 10.6 Å². The maximum absolute atomic E-state index is 13.7. The zero-order valence-corrected chi connectivity index (χ0v) is 11.5. The van der Waals surface area contributed by atoms with Crippen LogP contribution in [0.2, 0.25) is 5.02 Å². The number of phenolic OH excluding ortho intramolecular Hbond substituents is 1. The topological polar surface area (TPSA) is 58.6 Å². The lowest BCUT2D eigenvalue weighted by Crippen LogP contribution is -2.29. The maximum Gasteiger partial charge on any atom is 0.255 e. The highest BCUT2D eigenvalue weighted by atomic mass is 35.5. The molecule has 1 aliphatic heterocycles. The van der Waals surface area contributed by atoms with Crippen LogP contribution in [0.25, 0.3) is 0 Å². The van der Waals surface area contributed by atoms with E-state index in [1.54, 1.807) is 18.2 Å². The first-order valence-electron chi connectivity index (χ1n) is 6.27. The van der Waals surface area contributed by atoms with Crippen LogP contribution < -0.4 is 10.1 Å². The first-order chi connectivity index (χ1) is 10.1. The minimum atomic E-state index is -0.559. The van der Waals surface area contributed by atoms with Crippen molar-refractivity contribution >= 4 is 17.5 Å². The first-order valence-corrected chi connectivity index (χ1v) is 6.64. The molecule has 1 aliphatic rings. The normalized spacial score (nSPS) is 16.2. The first kappa shape index (κ1) is 13.7. The maximum atomic E-state index is 13.7. The Kier molecular flexibility index (Phi) is 3.43. The lowest BCUT2D eigenvalue weighted by Gasteiger charge is -2.12. The van der Waals surface area contributed by atoms with Gasteiger partial charge in [-0.2, -0.15) is 0 Å². The summed E-state index contributed by atoms with van der Waals surface area (Å²) in [4.78, 5) is 12.1. The largest absolute Gasteiger partial charge is 0.507 e. The summed E-state index contributed by atoms with van der Waals surface area (Å²) in [5.74, 6) is -1.04. The Morgan fingerprint density at radius 3 is 2.90 bits per heavy atom. The summed E-state index contributed by atoms with van der Waals surface area (Å²) < 4.78 is 18.9. The fourth-order valence-corrected chi connectivity index (χ4v) is 2.48. The van der Waals surface area contributed by atoms with E-state index in [0.717, 1.165) is 6.07 Å². The van der Waals surface area contributed by atoms with Gasteiger partial charge in [0.2, 0.25) is 0 Å². The van der Waals surface area contributed by atoms with E-state index in [1.165, 1.54) is 12.1 Å². The summed E-state index contributed by atoms with van der Waals surface area (Å²) in [5, 5.41) is 12.6. The number of rotatable bonds is 2. The summed E-state index contributed by atoms with van der Waals surface area (Å²) in [7, 11) is 0. The van der Waals surface area contributed by atoms with E-state index in [0.29, 0.717) is 5.56 Å². The average molecular weight is 308 g/mol. The van der Waals surface area contributed by atoms with Crippen LogP contribution in [0.5, 0.6) is 11.5 Å². The van der Waals surface area contributed by atoms with E-state index >= 15 is 0 Å². The third kappa shape index (κ3) is 2.52. The lowest BCUT2D eigenvalue weighted by molar-refractivity contribution is 0.0927. The van der Waals surface area contributed by atoms with Crippen molar-refractivity contribution in [2.75, 3.05) is 6.61 Å². The Bertz CT molecular complexity index is 720. The highest BCUT2D eigenvalue weighted by Crippen LogP contribution is 2.37. The van der Waals surface area contributed by atoms with Gasteiger partial charge in [-0.3, -0.25) is 4.79 Å². The highest BCUT2D eigenvalue weighted by molar-refractivity contribution is 6.30. The van der Waals surface area contributed by atoms with Gasteiger partial charge in [-0.15, -0.1) is 0 Å². The molecule has 1 heterocycles. The quantitative estimate of drug-likeness (QED) is 0.896. The van der Waals surface area contributed by atoms with Crippen molar-refractivity contribution in [3.63, 3.8) is 0 Å². The second-order valence-corrected chi connectivity index (χ2v) is 5.10. The molecular formula is C15H11ClFNO3. The number of fused-ring (bicyclic) bond motifs is 1. The van der Waals surface area contributed by atoms with Crippen LogP contribution in [0.4, 0.5) is 4.39 Å². The van der Waals surface area contributed by atoms with Gasteiger partial charge in [-0.25, -0.2) is 4.39 Å². The molecule has 6 heteroatoms. The number of hydrogen-bond donors (Lipinski definition) is 2. The molecule has 0 aliphatic carbocycles. The predicted octanol–water partition coefficient (Wildman–Crippen LogP) is 3.05. The van der Waals surface area contributed by atoms with Gasteiger partial charge < -0.3 is 15.2 Å². The van der Waals surface area contributed by atoms with Gasteiger partial charge in [0.1, 0.15) is 12.4 Å². The second-order valence-electron chi connectivity index (χ2n) is 4.66. The molecule has 2 N–H and O–H groups in total. The molecule has 108 valence electrons. The van der Waals surface area contributed by atoms with Crippen molar-refractivity contribution in [3.8, 4) is 11.5 Å². The molecule has 2 aromatic carbocycles. The molecule has 2 aromatic rings. The smallest absolute Gasteiger partial charge is 0.255 e. The number of hydrogen-bond acceptors (Lipinski definition) is 3. The number of phenols is 1. The molecule has 0 fully saturated rings. The standard InChI is InChI=1S/C15H11ClFNO3/c16-8-5-10-12(7-21-14(10)11(17)6-8)18-15(20)9-3-1-2-4-13(9)19/h1-6,12,19H,7H2,(H,18,20)/t12-/m1/s1. The fourth-order valence-electron chi connectivity index (χ4n) is 2.27. The number of benzene rings is 2. The Morgan fingerprint density at radius 1 is 1.38 bits per heavy atom. The van der Waals surface area contributed by atoms with E-state index in [1.807, 2.05) is 0 Å². The monoisotopic (exact) mass is 307 g/mol. The SMILES string of the molecule is O=C(N[C@@H]1COc2c(F)cc(Cl)cc21)c1ccccc1O. The molecule has 0 aromatic heterocycles. The molecule has 21 heavy (non-hydrogen) atoms. The lowest BCUT2D eigenvalue weighted by atomic mass is 10.1. The molecule has 0 unspecified atom stereocenters. The van der Waals surface area contributed by atoms with Crippen molar-refractivity contribution in [1.82, 2.24) is 5.32 Å². The second kappa shape index (κ2) is 5.26. The van der Waals surface area contributed by atoms with Crippen molar-refractivity contribution in [2.45, 2.75) is 6.04 Å². The van der Waals surface area contributed by atoms with Gasteiger partial charge in [-0.1, -0.05) is 23.7 Å². The zero-order valence-electron chi connectivity index (χ0n) is 10.8. The molecular weight excluding hydrogens is 297 g/mol. The summed E-state index contributed by atoms with van der Waals surface area (Å²) in [5.41, 5.74) is 0.636. The van der Waals surface area contributed by atoms with Gasteiger partial charge in [0.25, 0.3) is 5.91 Å². The molecule has 0 bridgehead atoms. The van der Waals surface area contributed by atoms with E-state index in [2.05, 4.69) is 5.32 Å². The molecule has 4 nitrogen and oxygen atoms in total. The van der Waals surface area contributed by atoms with E-state index in [-0.39, 0.29) is 28.7 Å². The van der Waals surface area contributed by atoms with Gasteiger partial charge >= 0.3 is 0 Å². The van der Waals surface area contributed by atoms with Crippen molar-refractivity contribution in [1.29, 1.82) is 0 Å². The number of nitrogens with one attached hydrogen (secondary N) is 1. The van der Waals surface area contributed by atoms with Crippen LogP contribution in [0.1, 0.15) is 22.0 Å². The molecule has 1 atom stereocenters. The molecule has 0 radical (unpaired) electrons. The third-order valence-electron chi connectivity index (χ3n) is 3.26. The summed E-state index contributed by atoms with van der Waals surface area (Å²) in [6.45, 7) is 0.117. The molecule has 0 saturated heterocycles. The summed E-state index contributed by atoms with van der Waals surface area (Å²) in [6, 6.07) is 8.39. The number of aromatic hydroxyl groups is 1. The van der Waals surface area contributed by atoms with E-state index < -0.39 is 17.8 Å². The zero-order chi connectivity index (χ0) is 15.0. The minimum absolute atomic E-state index is 0.0991. The van der Waals surface area contributed by atoms with E-state index in [4.69, 9.17) is 16.3 Å². The number of amides is 1. The van der Waals surface area contributed by atoms with E-state index in [9.17, 15) is 14.3 Å². The molecule has 1 amide bonds. The third-order valence-corrected chi connectivity index (χ3v) is 3.48. The number of halogens is 2. The number of carbonyl (C=O) groups is 1. The average Bonchev–Trinajstić information content (AvgIpc) is 2.82. The fraction of sp³-hybridized carbons (Fsp3) is 0.133. The van der Waals surface area contributed by atoms with Crippen molar-refractivity contribution in [3.05, 3.63) is 58.4 Å². The Labute approximate surface area is 125 Å². The number of ether oxygens (including phenoxy) is 1. The van der Waals surface area contributed by atoms with Gasteiger partial charge in [-0.05, 0) is 24.3 Å². The predicted molar refractivity (Wildman–Crippen MR) is 75.2 cm³/mol. The van der Waals surface area contributed by atoms with Gasteiger partial charge in [0.05, 0.1) is 11.6 Å². The Hall–Kier alpha value is -2.27. The summed E-state index contributed by atoms with van der Waals surface area (Å²) in [6.07, 6.45) is 0. The minimum Gasteiger partial charge on any atom is -0.507 e. The van der Waals surface area contributed by atoms with Crippen molar-refractivity contribution < 1.29 is 19.0 Å². The number of para-hydroxylation sites is 1. The van der Waals surface area contributed by atoms with Crippen LogP contribution in [-0.4, -0.2) is 17.6 Å².